The zero-order valence-corrected chi connectivity index (χ0v) is 25.5. The second kappa shape index (κ2) is 12.7. The van der Waals surface area contributed by atoms with E-state index in [1.54, 1.807) is 27.7 Å². The van der Waals surface area contributed by atoms with E-state index >= 15 is 4.39 Å². The van der Waals surface area contributed by atoms with Gasteiger partial charge in [0.2, 0.25) is 0 Å². The summed E-state index contributed by atoms with van der Waals surface area (Å²) in [6.45, 7) is 8.08. The van der Waals surface area contributed by atoms with Gasteiger partial charge in [0.1, 0.15) is 22.7 Å². The molecule has 4 heterocycles. The molecule has 2 aromatic heterocycles. The van der Waals surface area contributed by atoms with Crippen molar-refractivity contribution in [3.8, 4) is 5.75 Å². The molecule has 1 aromatic carbocycles. The number of hydrogen-bond acceptors (Lipinski definition) is 11. The number of carbonyl (C=O) groups is 2. The number of halogens is 3. The summed E-state index contributed by atoms with van der Waals surface area (Å²) in [5.41, 5.74) is -3.17. The van der Waals surface area contributed by atoms with Gasteiger partial charge in [0.15, 0.2) is 29.0 Å². The Hall–Kier alpha value is -4.11. The van der Waals surface area contributed by atoms with Crippen LogP contribution in [0.4, 0.5) is 18.0 Å². The fraction of sp³-hybridized carbons (Fsp3) is 0.533. The molecule has 0 bridgehead atoms. The van der Waals surface area contributed by atoms with Gasteiger partial charge in [-0.25, -0.2) is 27.9 Å². The van der Waals surface area contributed by atoms with E-state index in [0.29, 0.717) is 43.5 Å². The Balaban J connectivity index is 1.40. The van der Waals surface area contributed by atoms with Crippen LogP contribution in [0.5, 0.6) is 5.75 Å². The number of ether oxygens (including phenoxy) is 2. The lowest BCUT2D eigenvalue weighted by Crippen LogP contribution is -2.53. The molecule has 242 valence electrons. The van der Waals surface area contributed by atoms with Crippen molar-refractivity contribution in [3.63, 3.8) is 0 Å². The maximum atomic E-state index is 15.0. The Labute approximate surface area is 257 Å². The highest BCUT2D eigenvalue weighted by molar-refractivity contribution is 5.80. The molecule has 0 aliphatic carbocycles. The predicted octanol–water partition coefficient (Wildman–Crippen LogP) is 3.29. The topological polar surface area (TPSA) is 153 Å². The van der Waals surface area contributed by atoms with Crippen LogP contribution in [0.15, 0.2) is 35.2 Å². The van der Waals surface area contributed by atoms with Crippen molar-refractivity contribution in [3.05, 3.63) is 65.3 Å². The van der Waals surface area contributed by atoms with E-state index in [2.05, 4.69) is 36.3 Å². The third kappa shape index (κ3) is 6.64. The summed E-state index contributed by atoms with van der Waals surface area (Å²) < 4.78 is 60.0. The molecule has 5 rings (SSSR count). The van der Waals surface area contributed by atoms with Gasteiger partial charge >= 0.3 is 6.09 Å². The predicted molar refractivity (Wildman–Crippen MR) is 153 cm³/mol. The van der Waals surface area contributed by atoms with Crippen LogP contribution in [-0.4, -0.2) is 70.6 Å². The fourth-order valence-electron chi connectivity index (χ4n) is 6.34. The molecule has 0 saturated carbocycles. The molecule has 1 unspecified atom stereocenters. The minimum absolute atomic E-state index is 0.00581. The van der Waals surface area contributed by atoms with Gasteiger partial charge in [0.05, 0.1) is 25.2 Å². The normalized spacial score (nSPS) is 25.1. The number of nitrogens with one attached hydrogen (secondary N) is 3. The van der Waals surface area contributed by atoms with Crippen molar-refractivity contribution >= 4 is 11.9 Å². The molecule has 45 heavy (non-hydrogen) atoms. The second-order valence-electron chi connectivity index (χ2n) is 12.5. The Morgan fingerprint density at radius 3 is 2.47 bits per heavy atom. The molecular weight excluding hydrogens is 595 g/mol. The van der Waals surface area contributed by atoms with E-state index < -0.39 is 46.0 Å². The Bertz CT molecular complexity index is 1520. The lowest BCUT2D eigenvalue weighted by molar-refractivity contribution is -0.124. The van der Waals surface area contributed by atoms with Crippen LogP contribution >= 0.6 is 0 Å². The molecule has 2 aliphatic heterocycles. The number of amides is 1. The number of piperidine rings is 1. The van der Waals surface area contributed by atoms with Crippen LogP contribution in [0.3, 0.4) is 0 Å². The molecule has 2 saturated heterocycles. The van der Waals surface area contributed by atoms with Gasteiger partial charge in [0.25, 0.3) is 0 Å². The zero-order chi connectivity index (χ0) is 32.4. The van der Waals surface area contributed by atoms with Gasteiger partial charge in [-0.05, 0) is 58.7 Å². The summed E-state index contributed by atoms with van der Waals surface area (Å²) in [6, 6.07) is 1.25. The van der Waals surface area contributed by atoms with Gasteiger partial charge in [-0.15, -0.1) is 5.10 Å². The monoisotopic (exact) mass is 631 g/mol. The Kier molecular flexibility index (Phi) is 9.12. The van der Waals surface area contributed by atoms with E-state index in [9.17, 15) is 18.4 Å². The average molecular weight is 632 g/mol. The highest BCUT2D eigenvalue weighted by Crippen LogP contribution is 2.42. The first-order valence-electron chi connectivity index (χ1n) is 14.7. The number of hydrogen-bond donors (Lipinski definition) is 3. The van der Waals surface area contributed by atoms with Crippen molar-refractivity contribution in [2.24, 2.45) is 5.92 Å². The molecular formula is C30H36F3N7O5. The zero-order valence-electron chi connectivity index (χ0n) is 25.5. The maximum absolute atomic E-state index is 15.0. The Morgan fingerprint density at radius 1 is 1.07 bits per heavy atom. The molecule has 0 spiro atoms. The van der Waals surface area contributed by atoms with Crippen LogP contribution in [-0.2, 0) is 20.5 Å². The quantitative estimate of drug-likeness (QED) is 0.298. The molecule has 3 N–H and O–H groups in total. The number of carbonyl (C=O) groups excluding carboxylic acids is 2. The minimum atomic E-state index is -1.49. The lowest BCUT2D eigenvalue weighted by atomic mass is 9.65. The van der Waals surface area contributed by atoms with Crippen molar-refractivity contribution in [2.45, 2.75) is 63.0 Å². The van der Waals surface area contributed by atoms with Crippen LogP contribution in [0.25, 0.3) is 0 Å². The van der Waals surface area contributed by atoms with Crippen molar-refractivity contribution < 1.29 is 36.8 Å². The number of Topliss-reactive ketones (excluding diaryl/α,β-unsaturated/α-hetero) is 1. The molecule has 0 radical (unpaired) electrons. The van der Waals surface area contributed by atoms with E-state index in [4.69, 9.17) is 14.0 Å². The van der Waals surface area contributed by atoms with Crippen molar-refractivity contribution in [1.82, 2.24) is 36.3 Å². The first kappa shape index (κ1) is 32.3. The van der Waals surface area contributed by atoms with Gasteiger partial charge in [-0.3, -0.25) is 4.79 Å². The van der Waals surface area contributed by atoms with Gasteiger partial charge < -0.3 is 29.9 Å². The number of ketones is 1. The minimum Gasteiger partial charge on any atom is -0.490 e. The average Bonchev–Trinajstić information content (AvgIpc) is 3.66. The largest absolute Gasteiger partial charge is 0.490 e. The molecule has 12 nitrogen and oxygen atoms in total. The number of alkyl carbamates (subject to hydrolysis) is 1. The fourth-order valence-corrected chi connectivity index (χ4v) is 6.34. The van der Waals surface area contributed by atoms with Crippen molar-refractivity contribution in [2.75, 3.05) is 32.8 Å². The summed E-state index contributed by atoms with van der Waals surface area (Å²) in [5.74, 6) is -3.93. The molecule has 2 aliphatic rings. The van der Waals surface area contributed by atoms with E-state index in [-0.39, 0.29) is 42.8 Å². The summed E-state index contributed by atoms with van der Waals surface area (Å²) in [5, 5.41) is 16.6. The maximum Gasteiger partial charge on any atom is 0.408 e. The Morgan fingerprint density at radius 2 is 1.80 bits per heavy atom. The number of benzene rings is 1. The van der Waals surface area contributed by atoms with Crippen LogP contribution in [0.2, 0.25) is 0 Å². The number of rotatable bonds is 9. The van der Waals surface area contributed by atoms with E-state index in [1.807, 2.05) is 0 Å². The SMILES string of the molecule is CC(=O)C1CNCC[C@@]1(CCOc1cnc([C@]2(NC(=O)OC(C)(C)C)CNC[C@@H]2c2cc(F)c(F)cc2F)nc1)c1cnno1. The standard InChI is InChI=1S/C30H36F3N7O5/c1-17(41)20-13-34-7-5-29(20,25-15-38-40-45-25)6-8-43-18-11-36-26(37-12-18)30(39-27(42)44-28(2,3)4)16-35-14-21(30)19-9-23(32)24(33)10-22(19)31/h9-12,15,20-21,34-35H,5-8,13-14,16H2,1-4H3,(H,39,42)/t20?,21-,29+,30+/m1/s1. The van der Waals surface area contributed by atoms with Gasteiger partial charge in [-0.1, -0.05) is 0 Å². The summed E-state index contributed by atoms with van der Waals surface area (Å²) in [7, 11) is 0. The highest BCUT2D eigenvalue weighted by Gasteiger charge is 2.51. The molecule has 2 fully saturated rings. The van der Waals surface area contributed by atoms with Crippen LogP contribution < -0.4 is 20.7 Å². The smallest absolute Gasteiger partial charge is 0.408 e. The molecule has 1 amide bonds. The van der Waals surface area contributed by atoms with E-state index in [0.717, 1.165) is 6.07 Å². The third-order valence-electron chi connectivity index (χ3n) is 8.44. The van der Waals surface area contributed by atoms with Crippen LogP contribution in [0.1, 0.15) is 63.6 Å². The van der Waals surface area contributed by atoms with Gasteiger partial charge in [-0.2, -0.15) is 0 Å². The lowest BCUT2D eigenvalue weighted by Gasteiger charge is -2.41. The van der Waals surface area contributed by atoms with E-state index in [1.165, 1.54) is 18.6 Å². The summed E-state index contributed by atoms with van der Waals surface area (Å²) in [6.07, 6.45) is 4.55. The highest BCUT2D eigenvalue weighted by atomic mass is 19.2. The molecule has 3 aromatic rings. The second-order valence-corrected chi connectivity index (χ2v) is 12.5. The summed E-state index contributed by atoms with van der Waals surface area (Å²) in [4.78, 5) is 34.5. The van der Waals surface area contributed by atoms with Crippen LogP contribution in [0, 0.1) is 23.4 Å². The first-order chi connectivity index (χ1) is 21.3. The summed E-state index contributed by atoms with van der Waals surface area (Å²) >= 11 is 0. The molecule has 4 atom stereocenters. The number of aromatic nitrogens is 4. The first-order valence-corrected chi connectivity index (χ1v) is 14.7. The number of nitrogens with zero attached hydrogens (tertiary/aromatic N) is 4. The van der Waals surface area contributed by atoms with Crippen molar-refractivity contribution in [1.29, 1.82) is 0 Å². The van der Waals surface area contributed by atoms with Gasteiger partial charge in [0, 0.05) is 48.2 Å². The molecule has 15 heteroatoms. The third-order valence-corrected chi connectivity index (χ3v) is 8.44.